The van der Waals surface area contributed by atoms with Crippen molar-refractivity contribution in [3.63, 3.8) is 0 Å². The summed E-state index contributed by atoms with van der Waals surface area (Å²) in [4.78, 5) is 0. The normalized spacial score (nSPS) is 18.9. The second-order valence-corrected chi connectivity index (χ2v) is 13.6. The minimum absolute atomic E-state index is 0.526. The van der Waals surface area contributed by atoms with E-state index >= 15 is 0 Å². The summed E-state index contributed by atoms with van der Waals surface area (Å²) in [5.41, 5.74) is 23.4. The molecule has 0 amide bonds. The number of rotatable bonds is 6. The van der Waals surface area contributed by atoms with E-state index in [1.165, 1.54) is 52.5 Å². The van der Waals surface area contributed by atoms with E-state index in [4.69, 9.17) is 20.3 Å². The van der Waals surface area contributed by atoms with Crippen molar-refractivity contribution in [2.24, 2.45) is 17.4 Å². The Morgan fingerprint density at radius 1 is 0.760 bits per heavy atom. The van der Waals surface area contributed by atoms with Gasteiger partial charge in [0.1, 0.15) is 22.5 Å². The van der Waals surface area contributed by atoms with Gasteiger partial charge in [0, 0.05) is 57.8 Å². The number of furan rings is 2. The first kappa shape index (κ1) is 31.9. The van der Waals surface area contributed by atoms with Crippen LogP contribution in [0.4, 0.5) is 0 Å². The summed E-state index contributed by atoms with van der Waals surface area (Å²) in [6.45, 7) is 0.624. The van der Waals surface area contributed by atoms with Crippen molar-refractivity contribution in [1.29, 1.82) is 0 Å². The van der Waals surface area contributed by atoms with E-state index in [1.54, 1.807) is 0 Å². The van der Waals surface area contributed by atoms with Crippen molar-refractivity contribution >= 4 is 44.2 Å². The number of fused-ring (bicyclic) bond motifs is 6. The number of nitrogens with two attached hydrogens (primary N) is 2. The van der Waals surface area contributed by atoms with E-state index in [1.807, 2.05) is 42.5 Å². The van der Waals surface area contributed by atoms with Crippen LogP contribution >= 0.6 is 0 Å². The lowest BCUT2D eigenvalue weighted by atomic mass is 9.82. The molecule has 0 aliphatic heterocycles. The zero-order chi connectivity index (χ0) is 33.9. The van der Waals surface area contributed by atoms with Crippen LogP contribution in [0.5, 0.6) is 0 Å². The lowest BCUT2D eigenvalue weighted by Crippen LogP contribution is -2.07. The maximum absolute atomic E-state index is 6.61. The predicted octanol–water partition coefficient (Wildman–Crippen LogP) is 11.5. The molecule has 0 radical (unpaired) electrons. The van der Waals surface area contributed by atoms with Gasteiger partial charge in [-0.05, 0) is 79.0 Å². The number of aryl methyl sites for hydroxylation is 1. The predicted molar refractivity (Wildman–Crippen MR) is 208 cm³/mol. The molecule has 250 valence electrons. The first-order valence-corrected chi connectivity index (χ1v) is 18.1. The van der Waals surface area contributed by atoms with Crippen LogP contribution in [-0.2, 0) is 13.0 Å². The molecule has 3 aliphatic carbocycles. The zero-order valence-corrected chi connectivity index (χ0v) is 28.5. The molecule has 6 aromatic rings. The molecule has 4 nitrogen and oxygen atoms in total. The number of allylic oxidation sites excluding steroid dienone is 9. The number of hydrogen-bond acceptors (Lipinski definition) is 4. The fourth-order valence-corrected chi connectivity index (χ4v) is 7.78. The molecule has 2 aromatic heterocycles. The average molecular weight is 657 g/mol. The van der Waals surface area contributed by atoms with E-state index in [-0.39, 0.29) is 0 Å². The molecule has 50 heavy (non-hydrogen) atoms. The molecule has 2 atom stereocenters. The van der Waals surface area contributed by atoms with Crippen LogP contribution < -0.4 is 11.5 Å². The Labute approximate surface area is 294 Å². The van der Waals surface area contributed by atoms with Gasteiger partial charge in [-0.2, -0.15) is 0 Å². The Morgan fingerprint density at radius 3 is 2.30 bits per heavy atom. The molecule has 4 heteroatoms. The minimum Gasteiger partial charge on any atom is -0.460 e. The summed E-state index contributed by atoms with van der Waals surface area (Å²) < 4.78 is 12.1. The van der Waals surface area contributed by atoms with Gasteiger partial charge in [-0.25, -0.2) is 0 Å². The molecular formula is C46H44N2O2. The standard InChI is InChI=1S/C27H21NO2.C19H23N/c28-21(18-10-6-14-25-27(18)20-9-2-4-12-23(20)30-25)16-15-17-7-5-13-24-26(17)19-8-1-3-11-22(19)29-24;20-14-15-6-8-17(9-7-15)19-12-10-18(11-13-19)16-4-2-1-3-5-16/h1-4,6-12,14,16H,5,13,15,28H2;2,4,6-12,16,19H,1,3,5,13-14,20H2/b21-16-;. The summed E-state index contributed by atoms with van der Waals surface area (Å²) in [6.07, 6.45) is 24.0. The van der Waals surface area contributed by atoms with Crippen LogP contribution in [0.2, 0.25) is 0 Å². The first-order valence-electron chi connectivity index (χ1n) is 18.1. The second kappa shape index (κ2) is 14.3. The Balaban J connectivity index is 0.000000157. The van der Waals surface area contributed by atoms with Gasteiger partial charge < -0.3 is 20.3 Å². The van der Waals surface area contributed by atoms with Crippen LogP contribution in [0.25, 0.3) is 44.2 Å². The van der Waals surface area contributed by atoms with Gasteiger partial charge in [0.05, 0.1) is 0 Å². The SMILES string of the molecule is N/C(=C\CC1=CCCc2oc3ccccc3c21)c1cccc2oc3ccccc3c12.NCc1ccc(C2C=CC(C3C=CCCC3)=CC2)cc1. The van der Waals surface area contributed by atoms with Crippen LogP contribution in [-0.4, -0.2) is 0 Å². The van der Waals surface area contributed by atoms with Gasteiger partial charge in [0.2, 0.25) is 0 Å². The third-order valence-electron chi connectivity index (χ3n) is 10.5. The van der Waals surface area contributed by atoms with Crippen LogP contribution in [0.3, 0.4) is 0 Å². The molecular weight excluding hydrogens is 613 g/mol. The van der Waals surface area contributed by atoms with Crippen LogP contribution in [0.1, 0.15) is 72.5 Å². The highest BCUT2D eigenvalue weighted by Crippen LogP contribution is 2.39. The lowest BCUT2D eigenvalue weighted by molar-refractivity contribution is 0.545. The molecule has 0 saturated carbocycles. The van der Waals surface area contributed by atoms with Crippen LogP contribution in [0, 0.1) is 5.92 Å². The summed E-state index contributed by atoms with van der Waals surface area (Å²) in [5.74, 6) is 2.27. The monoisotopic (exact) mass is 656 g/mol. The Kier molecular flexibility index (Phi) is 9.11. The average Bonchev–Trinajstić information content (AvgIpc) is 3.77. The third kappa shape index (κ3) is 6.39. The molecule has 4 aromatic carbocycles. The summed E-state index contributed by atoms with van der Waals surface area (Å²) in [7, 11) is 0. The fraction of sp³-hybridized carbons (Fsp3) is 0.217. The maximum Gasteiger partial charge on any atom is 0.136 e. The summed E-state index contributed by atoms with van der Waals surface area (Å²) in [6, 6.07) is 31.2. The molecule has 9 rings (SSSR count). The van der Waals surface area contributed by atoms with Gasteiger partial charge in [-0.1, -0.05) is 115 Å². The van der Waals surface area contributed by atoms with E-state index in [9.17, 15) is 0 Å². The highest BCUT2D eigenvalue weighted by atomic mass is 16.3. The summed E-state index contributed by atoms with van der Waals surface area (Å²) >= 11 is 0. The molecule has 0 fully saturated rings. The van der Waals surface area contributed by atoms with E-state index in [0.29, 0.717) is 18.4 Å². The summed E-state index contributed by atoms with van der Waals surface area (Å²) in [5, 5.41) is 3.36. The van der Waals surface area contributed by atoms with Crippen molar-refractivity contribution in [2.45, 2.75) is 57.4 Å². The van der Waals surface area contributed by atoms with Crippen molar-refractivity contribution in [2.75, 3.05) is 0 Å². The molecule has 2 heterocycles. The van der Waals surface area contributed by atoms with Crippen LogP contribution in [0.15, 0.2) is 148 Å². The molecule has 2 unspecified atom stereocenters. The topological polar surface area (TPSA) is 78.3 Å². The Bertz CT molecular complexity index is 2310. The van der Waals surface area contributed by atoms with Crippen molar-refractivity contribution in [3.8, 4) is 0 Å². The lowest BCUT2D eigenvalue weighted by Gasteiger charge is -2.23. The van der Waals surface area contributed by atoms with Gasteiger partial charge in [0.25, 0.3) is 0 Å². The molecule has 4 N–H and O–H groups in total. The molecule has 0 spiro atoms. The van der Waals surface area contributed by atoms with Gasteiger partial charge >= 0.3 is 0 Å². The molecule has 0 bridgehead atoms. The first-order chi connectivity index (χ1) is 24.7. The Morgan fingerprint density at radius 2 is 1.54 bits per heavy atom. The van der Waals surface area contributed by atoms with Gasteiger partial charge in [-0.3, -0.25) is 0 Å². The van der Waals surface area contributed by atoms with Gasteiger partial charge in [-0.15, -0.1) is 0 Å². The smallest absolute Gasteiger partial charge is 0.136 e. The third-order valence-corrected chi connectivity index (χ3v) is 10.5. The highest BCUT2D eigenvalue weighted by Gasteiger charge is 2.21. The molecule has 0 saturated heterocycles. The van der Waals surface area contributed by atoms with Crippen molar-refractivity contribution < 1.29 is 8.83 Å². The largest absolute Gasteiger partial charge is 0.460 e. The highest BCUT2D eigenvalue weighted by molar-refractivity contribution is 6.10. The van der Waals surface area contributed by atoms with E-state index < -0.39 is 0 Å². The zero-order valence-electron chi connectivity index (χ0n) is 28.5. The molecule has 3 aliphatic rings. The van der Waals surface area contributed by atoms with Gasteiger partial charge in [0.15, 0.2) is 0 Å². The van der Waals surface area contributed by atoms with Crippen molar-refractivity contribution in [3.05, 3.63) is 167 Å². The quantitative estimate of drug-likeness (QED) is 0.175. The fourth-order valence-electron chi connectivity index (χ4n) is 7.78. The number of benzene rings is 4. The van der Waals surface area contributed by atoms with Crippen molar-refractivity contribution in [1.82, 2.24) is 0 Å². The van der Waals surface area contributed by atoms with E-state index in [2.05, 4.69) is 91.1 Å². The maximum atomic E-state index is 6.61. The number of hydrogen-bond donors (Lipinski definition) is 2. The Hall–Kier alpha value is -5.32. The van der Waals surface area contributed by atoms with E-state index in [0.717, 1.165) is 70.2 Å². The second-order valence-electron chi connectivity index (χ2n) is 13.6. The number of para-hydroxylation sites is 2. The minimum atomic E-state index is 0.526.